The first kappa shape index (κ1) is 21.6. The highest BCUT2D eigenvalue weighted by molar-refractivity contribution is 5.95. The van der Waals surface area contributed by atoms with Gasteiger partial charge < -0.3 is 14.4 Å². The van der Waals surface area contributed by atoms with E-state index in [1.807, 2.05) is 31.9 Å². The number of carbonyl (C=O) groups excluding carboxylic acids is 1. The maximum Gasteiger partial charge on any atom is 0.255 e. The van der Waals surface area contributed by atoms with Crippen LogP contribution in [0, 0.1) is 13.8 Å². The van der Waals surface area contributed by atoms with E-state index in [2.05, 4.69) is 49.7 Å². The fraction of sp³-hybridized carbons (Fsp3) is 0.423. The highest BCUT2D eigenvalue weighted by atomic mass is 16.2. The summed E-state index contributed by atoms with van der Waals surface area (Å²) in [4.78, 5) is 29.2. The van der Waals surface area contributed by atoms with Crippen molar-refractivity contribution < 1.29 is 4.79 Å². The Morgan fingerprint density at radius 3 is 2.45 bits per heavy atom. The van der Waals surface area contributed by atoms with E-state index in [4.69, 9.17) is 4.98 Å². The Hall–Kier alpha value is -3.19. The van der Waals surface area contributed by atoms with Crippen molar-refractivity contribution in [1.29, 1.82) is 0 Å². The highest BCUT2D eigenvalue weighted by Crippen LogP contribution is 2.28. The summed E-state index contributed by atoms with van der Waals surface area (Å²) in [6.45, 7) is 9.87. The van der Waals surface area contributed by atoms with Crippen molar-refractivity contribution in [1.82, 2.24) is 24.3 Å². The quantitative estimate of drug-likeness (QED) is 0.619. The first-order valence-corrected chi connectivity index (χ1v) is 11.8. The van der Waals surface area contributed by atoms with Crippen molar-refractivity contribution in [3.05, 3.63) is 76.5 Å². The van der Waals surface area contributed by atoms with Gasteiger partial charge in [0.1, 0.15) is 12.1 Å². The summed E-state index contributed by atoms with van der Waals surface area (Å²) < 4.78 is 2.08. The van der Waals surface area contributed by atoms with Crippen molar-refractivity contribution >= 4 is 11.7 Å². The molecule has 0 aliphatic carbocycles. The molecule has 1 fully saturated rings. The molecule has 2 aliphatic rings. The zero-order valence-corrected chi connectivity index (χ0v) is 19.8. The Balaban J connectivity index is 1.28. The summed E-state index contributed by atoms with van der Waals surface area (Å²) in [7, 11) is 2.01. The summed E-state index contributed by atoms with van der Waals surface area (Å²) >= 11 is 0. The van der Waals surface area contributed by atoms with Crippen LogP contribution in [0.1, 0.15) is 38.6 Å². The molecule has 0 saturated carbocycles. The van der Waals surface area contributed by atoms with Gasteiger partial charge in [0.05, 0.1) is 11.3 Å². The number of fused-ring (bicyclic) bond motifs is 1. The molecule has 0 atom stereocenters. The number of aryl methyl sites for hydroxylation is 1. The van der Waals surface area contributed by atoms with Crippen LogP contribution < -0.4 is 4.90 Å². The fourth-order valence-electron chi connectivity index (χ4n) is 4.99. The van der Waals surface area contributed by atoms with E-state index < -0.39 is 0 Å². The first-order chi connectivity index (χ1) is 16.0. The fourth-order valence-corrected chi connectivity index (χ4v) is 4.99. The maximum absolute atomic E-state index is 13.1. The van der Waals surface area contributed by atoms with Gasteiger partial charge in [-0.15, -0.1) is 0 Å². The number of anilines is 1. The number of rotatable bonds is 4. The molecule has 4 heterocycles. The lowest BCUT2D eigenvalue weighted by molar-refractivity contribution is 0.0745. The molecule has 0 radical (unpaired) electrons. The van der Waals surface area contributed by atoms with Crippen LogP contribution in [-0.2, 0) is 26.6 Å². The van der Waals surface area contributed by atoms with E-state index in [0.29, 0.717) is 13.1 Å². The van der Waals surface area contributed by atoms with Gasteiger partial charge >= 0.3 is 0 Å². The monoisotopic (exact) mass is 444 g/mol. The van der Waals surface area contributed by atoms with Crippen molar-refractivity contribution in [2.75, 3.05) is 37.6 Å². The Labute approximate surface area is 195 Å². The topological polar surface area (TPSA) is 57.5 Å². The third-order valence-corrected chi connectivity index (χ3v) is 7.18. The van der Waals surface area contributed by atoms with Gasteiger partial charge in [0, 0.05) is 76.2 Å². The SMILES string of the molecule is Cc1cc(C(=O)N2CCN(c3ncnc4c3CN(Cc3ccccc3)CC4)CC2)c(C)n1C. The molecular formula is C26H32N6O. The second-order valence-electron chi connectivity index (χ2n) is 9.19. The number of carbonyl (C=O) groups is 1. The van der Waals surface area contributed by atoms with E-state index in [0.717, 1.165) is 61.9 Å². The summed E-state index contributed by atoms with van der Waals surface area (Å²) in [5.74, 6) is 1.17. The second kappa shape index (κ2) is 8.98. The molecule has 2 aliphatic heterocycles. The number of nitrogens with zero attached hydrogens (tertiary/aromatic N) is 6. The Kier molecular flexibility index (Phi) is 5.89. The van der Waals surface area contributed by atoms with Crippen LogP contribution in [0.25, 0.3) is 0 Å². The number of hydrogen-bond donors (Lipinski definition) is 0. The highest BCUT2D eigenvalue weighted by Gasteiger charge is 2.28. The van der Waals surface area contributed by atoms with Gasteiger partial charge in [-0.05, 0) is 25.5 Å². The van der Waals surface area contributed by atoms with Crippen LogP contribution in [0.5, 0.6) is 0 Å². The van der Waals surface area contributed by atoms with Gasteiger partial charge in [-0.2, -0.15) is 0 Å². The Morgan fingerprint density at radius 2 is 1.76 bits per heavy atom. The predicted octanol–water partition coefficient (Wildman–Crippen LogP) is 2.95. The lowest BCUT2D eigenvalue weighted by Gasteiger charge is -2.38. The van der Waals surface area contributed by atoms with E-state index in [-0.39, 0.29) is 5.91 Å². The molecule has 2 aromatic heterocycles. The van der Waals surface area contributed by atoms with Crippen molar-refractivity contribution in [3.8, 4) is 0 Å². The third-order valence-electron chi connectivity index (χ3n) is 7.18. The summed E-state index contributed by atoms with van der Waals surface area (Å²) in [5, 5.41) is 0. The Morgan fingerprint density at radius 1 is 1.00 bits per heavy atom. The summed E-state index contributed by atoms with van der Waals surface area (Å²) in [5.41, 5.74) is 6.70. The van der Waals surface area contributed by atoms with Crippen LogP contribution in [0.3, 0.4) is 0 Å². The van der Waals surface area contributed by atoms with Crippen molar-refractivity contribution in [2.24, 2.45) is 7.05 Å². The van der Waals surface area contributed by atoms with Gasteiger partial charge in [-0.3, -0.25) is 9.69 Å². The molecule has 5 rings (SSSR count). The number of piperazine rings is 1. The molecule has 7 heteroatoms. The molecule has 7 nitrogen and oxygen atoms in total. The molecular weight excluding hydrogens is 412 g/mol. The smallest absolute Gasteiger partial charge is 0.255 e. The minimum Gasteiger partial charge on any atom is -0.353 e. The van der Waals surface area contributed by atoms with Gasteiger partial charge in [-0.25, -0.2) is 9.97 Å². The predicted molar refractivity (Wildman–Crippen MR) is 129 cm³/mol. The average Bonchev–Trinajstić information content (AvgIpc) is 3.11. The van der Waals surface area contributed by atoms with Gasteiger partial charge in [0.15, 0.2) is 0 Å². The zero-order valence-electron chi connectivity index (χ0n) is 19.8. The molecule has 172 valence electrons. The van der Waals surface area contributed by atoms with E-state index in [1.165, 1.54) is 16.8 Å². The molecule has 3 aromatic rings. The lowest BCUT2D eigenvalue weighted by Crippen LogP contribution is -2.49. The minimum atomic E-state index is 0.134. The number of aromatic nitrogens is 3. The zero-order chi connectivity index (χ0) is 22.9. The number of amides is 1. The van der Waals surface area contributed by atoms with Gasteiger partial charge in [-0.1, -0.05) is 30.3 Å². The molecule has 1 aromatic carbocycles. The molecule has 1 saturated heterocycles. The average molecular weight is 445 g/mol. The Bertz CT molecular complexity index is 1150. The van der Waals surface area contributed by atoms with E-state index in [1.54, 1.807) is 6.33 Å². The maximum atomic E-state index is 13.1. The molecule has 0 spiro atoms. The number of hydrogen-bond acceptors (Lipinski definition) is 5. The van der Waals surface area contributed by atoms with Crippen LogP contribution in [0.4, 0.5) is 5.82 Å². The summed E-state index contributed by atoms with van der Waals surface area (Å²) in [6, 6.07) is 12.6. The first-order valence-electron chi connectivity index (χ1n) is 11.8. The van der Waals surface area contributed by atoms with Crippen LogP contribution in [0.2, 0.25) is 0 Å². The lowest BCUT2D eigenvalue weighted by atomic mass is 10.0. The second-order valence-corrected chi connectivity index (χ2v) is 9.19. The molecule has 33 heavy (non-hydrogen) atoms. The van der Waals surface area contributed by atoms with Crippen LogP contribution >= 0.6 is 0 Å². The molecule has 1 amide bonds. The standard InChI is InChI=1S/C26H32N6O/c1-19-15-22(20(2)29(19)3)26(33)32-13-11-31(12-14-32)25-23-17-30(10-9-24(23)27-18-28-25)16-21-7-5-4-6-8-21/h4-8,15,18H,9-14,16-17H2,1-3H3. The molecule has 0 unspecified atom stereocenters. The normalized spacial score (nSPS) is 16.7. The summed E-state index contributed by atoms with van der Waals surface area (Å²) in [6.07, 6.45) is 2.65. The van der Waals surface area contributed by atoms with Crippen LogP contribution in [0.15, 0.2) is 42.7 Å². The molecule has 0 N–H and O–H groups in total. The third kappa shape index (κ3) is 4.25. The van der Waals surface area contributed by atoms with Crippen molar-refractivity contribution in [2.45, 2.75) is 33.4 Å². The minimum absolute atomic E-state index is 0.134. The van der Waals surface area contributed by atoms with Gasteiger partial charge in [0.25, 0.3) is 5.91 Å². The number of benzene rings is 1. The van der Waals surface area contributed by atoms with E-state index >= 15 is 0 Å². The van der Waals surface area contributed by atoms with Crippen LogP contribution in [-0.4, -0.2) is 63.0 Å². The largest absolute Gasteiger partial charge is 0.353 e. The molecule has 0 bridgehead atoms. The van der Waals surface area contributed by atoms with E-state index in [9.17, 15) is 4.79 Å². The van der Waals surface area contributed by atoms with Crippen molar-refractivity contribution in [3.63, 3.8) is 0 Å². The van der Waals surface area contributed by atoms with Gasteiger partial charge in [0.2, 0.25) is 0 Å².